The number of aromatic nitrogens is 1. The summed E-state index contributed by atoms with van der Waals surface area (Å²) in [6, 6.07) is 11.6. The standard InChI is InChI=1S/C12H8ClN2O/c13-10-6-9(7-14-8-10)12(16)15-11-4-2-1-3-5-11/h1-4,6-8H,(H,15,16). The Labute approximate surface area is 98.1 Å². The second-order valence-corrected chi connectivity index (χ2v) is 3.56. The van der Waals surface area contributed by atoms with E-state index in [9.17, 15) is 4.79 Å². The molecule has 2 aromatic rings. The lowest BCUT2D eigenvalue weighted by Crippen LogP contribution is -2.12. The average molecular weight is 232 g/mol. The van der Waals surface area contributed by atoms with E-state index in [0.717, 1.165) is 0 Å². The van der Waals surface area contributed by atoms with Crippen LogP contribution in [0.15, 0.2) is 42.7 Å². The largest absolute Gasteiger partial charge is 0.321 e. The van der Waals surface area contributed by atoms with Crippen LogP contribution in [0, 0.1) is 6.07 Å². The molecule has 1 heterocycles. The number of carbonyl (C=O) groups excluding carboxylic acids is 1. The fraction of sp³-hybridized carbons (Fsp3) is 0. The van der Waals surface area contributed by atoms with Gasteiger partial charge in [0.25, 0.3) is 5.91 Å². The van der Waals surface area contributed by atoms with E-state index in [2.05, 4.69) is 16.4 Å². The predicted octanol–water partition coefficient (Wildman–Crippen LogP) is 2.79. The van der Waals surface area contributed by atoms with E-state index in [-0.39, 0.29) is 5.91 Å². The van der Waals surface area contributed by atoms with Gasteiger partial charge < -0.3 is 5.32 Å². The van der Waals surface area contributed by atoms with Crippen LogP contribution in [0.4, 0.5) is 5.69 Å². The van der Waals surface area contributed by atoms with Gasteiger partial charge in [-0.25, -0.2) is 0 Å². The highest BCUT2D eigenvalue weighted by molar-refractivity contribution is 6.30. The van der Waals surface area contributed by atoms with E-state index in [1.165, 1.54) is 12.4 Å². The summed E-state index contributed by atoms with van der Waals surface area (Å²) in [7, 11) is 0. The number of carbonyl (C=O) groups is 1. The normalized spacial score (nSPS) is 9.81. The lowest BCUT2D eigenvalue weighted by atomic mass is 10.2. The van der Waals surface area contributed by atoms with E-state index in [4.69, 9.17) is 11.6 Å². The highest BCUT2D eigenvalue weighted by Crippen LogP contribution is 2.11. The number of hydrogen-bond acceptors (Lipinski definition) is 2. The molecule has 0 fully saturated rings. The van der Waals surface area contributed by atoms with Gasteiger partial charge in [0.05, 0.1) is 10.6 Å². The summed E-state index contributed by atoms with van der Waals surface area (Å²) in [4.78, 5) is 15.6. The zero-order chi connectivity index (χ0) is 11.4. The minimum absolute atomic E-state index is 0.252. The smallest absolute Gasteiger partial charge is 0.257 e. The second kappa shape index (κ2) is 4.77. The van der Waals surface area contributed by atoms with E-state index in [0.29, 0.717) is 16.3 Å². The van der Waals surface area contributed by atoms with Crippen molar-refractivity contribution >= 4 is 23.2 Å². The first kappa shape index (κ1) is 10.6. The molecule has 0 unspecified atom stereocenters. The molecule has 1 aromatic heterocycles. The molecule has 1 N–H and O–H groups in total. The van der Waals surface area contributed by atoms with Gasteiger partial charge in [-0.05, 0) is 12.1 Å². The Morgan fingerprint density at radius 2 is 2.25 bits per heavy atom. The summed E-state index contributed by atoms with van der Waals surface area (Å²) < 4.78 is 0. The van der Waals surface area contributed by atoms with Crippen LogP contribution in [-0.4, -0.2) is 10.9 Å². The van der Waals surface area contributed by atoms with Crippen molar-refractivity contribution in [2.45, 2.75) is 0 Å². The third kappa shape index (κ3) is 2.58. The SMILES string of the molecule is O=C(Nc1[c]cccc1)c1cncc(Cl)c1. The number of halogens is 1. The van der Waals surface area contributed by atoms with Gasteiger partial charge >= 0.3 is 0 Å². The summed E-state index contributed by atoms with van der Waals surface area (Å²) >= 11 is 5.74. The number of hydrogen-bond donors (Lipinski definition) is 1. The summed E-state index contributed by atoms with van der Waals surface area (Å²) in [5.41, 5.74) is 1.04. The van der Waals surface area contributed by atoms with Crippen molar-refractivity contribution in [2.75, 3.05) is 5.32 Å². The van der Waals surface area contributed by atoms with Gasteiger partial charge in [0.1, 0.15) is 0 Å². The Morgan fingerprint density at radius 3 is 2.94 bits per heavy atom. The summed E-state index contributed by atoms with van der Waals surface area (Å²) in [6.45, 7) is 0. The molecule has 0 aliphatic rings. The van der Waals surface area contributed by atoms with Crippen LogP contribution in [0.1, 0.15) is 10.4 Å². The molecule has 0 bridgehead atoms. The molecule has 0 aliphatic carbocycles. The van der Waals surface area contributed by atoms with Gasteiger partial charge in [-0.1, -0.05) is 29.8 Å². The molecule has 0 atom stereocenters. The minimum atomic E-state index is -0.252. The molecule has 0 aliphatic heterocycles. The number of rotatable bonds is 2. The summed E-state index contributed by atoms with van der Waals surface area (Å²) in [6.07, 6.45) is 2.94. The molecule has 1 amide bonds. The number of para-hydroxylation sites is 1. The van der Waals surface area contributed by atoms with Crippen molar-refractivity contribution < 1.29 is 4.79 Å². The van der Waals surface area contributed by atoms with Gasteiger partial charge in [-0.3, -0.25) is 9.78 Å². The molecule has 3 nitrogen and oxygen atoms in total. The van der Waals surface area contributed by atoms with Crippen LogP contribution in [0.5, 0.6) is 0 Å². The van der Waals surface area contributed by atoms with Crippen molar-refractivity contribution in [1.82, 2.24) is 4.98 Å². The van der Waals surface area contributed by atoms with Gasteiger partial charge in [0.2, 0.25) is 0 Å². The molecule has 1 radical (unpaired) electrons. The zero-order valence-electron chi connectivity index (χ0n) is 8.27. The maximum Gasteiger partial charge on any atom is 0.257 e. The minimum Gasteiger partial charge on any atom is -0.321 e. The van der Waals surface area contributed by atoms with Crippen molar-refractivity contribution in [1.29, 1.82) is 0 Å². The summed E-state index contributed by atoms with van der Waals surface area (Å²) in [5.74, 6) is -0.252. The van der Waals surface area contributed by atoms with Gasteiger partial charge in [0, 0.05) is 24.1 Å². The Kier molecular flexibility index (Phi) is 3.17. The number of nitrogens with one attached hydrogen (secondary N) is 1. The fourth-order valence-electron chi connectivity index (χ4n) is 1.20. The Morgan fingerprint density at radius 1 is 1.38 bits per heavy atom. The number of anilines is 1. The molecule has 79 valence electrons. The summed E-state index contributed by atoms with van der Waals surface area (Å²) in [5, 5.41) is 3.13. The van der Waals surface area contributed by atoms with Crippen LogP contribution in [-0.2, 0) is 0 Å². The fourth-order valence-corrected chi connectivity index (χ4v) is 1.38. The molecular formula is C12H8ClN2O. The molecule has 0 spiro atoms. The van der Waals surface area contributed by atoms with Gasteiger partial charge in [0.15, 0.2) is 0 Å². The average Bonchev–Trinajstić information content (AvgIpc) is 2.30. The lowest BCUT2D eigenvalue weighted by Gasteiger charge is -2.04. The molecule has 0 saturated heterocycles. The third-order valence-corrected chi connectivity index (χ3v) is 2.13. The topological polar surface area (TPSA) is 42.0 Å². The van der Waals surface area contributed by atoms with Crippen molar-refractivity contribution in [3.05, 3.63) is 59.4 Å². The molecular weight excluding hydrogens is 224 g/mol. The Bertz CT molecular complexity index is 499. The third-order valence-electron chi connectivity index (χ3n) is 1.92. The number of pyridine rings is 1. The highest BCUT2D eigenvalue weighted by Gasteiger charge is 2.06. The van der Waals surface area contributed by atoms with Crippen molar-refractivity contribution in [3.63, 3.8) is 0 Å². The monoisotopic (exact) mass is 231 g/mol. The Hall–Kier alpha value is -1.87. The van der Waals surface area contributed by atoms with Crippen LogP contribution >= 0.6 is 11.6 Å². The molecule has 2 rings (SSSR count). The number of nitrogens with zero attached hydrogens (tertiary/aromatic N) is 1. The first-order chi connectivity index (χ1) is 7.75. The van der Waals surface area contributed by atoms with Gasteiger partial charge in [-0.15, -0.1) is 0 Å². The molecule has 0 saturated carbocycles. The van der Waals surface area contributed by atoms with E-state index < -0.39 is 0 Å². The highest BCUT2D eigenvalue weighted by atomic mass is 35.5. The molecule has 1 aromatic carbocycles. The quantitative estimate of drug-likeness (QED) is 0.864. The van der Waals surface area contributed by atoms with E-state index in [1.54, 1.807) is 18.2 Å². The molecule has 4 heteroatoms. The van der Waals surface area contributed by atoms with E-state index in [1.807, 2.05) is 12.1 Å². The van der Waals surface area contributed by atoms with Crippen molar-refractivity contribution in [3.8, 4) is 0 Å². The maximum absolute atomic E-state index is 11.7. The van der Waals surface area contributed by atoms with Crippen LogP contribution in [0.2, 0.25) is 5.02 Å². The number of benzene rings is 1. The Balaban J connectivity index is 2.15. The lowest BCUT2D eigenvalue weighted by molar-refractivity contribution is 0.102. The van der Waals surface area contributed by atoms with Crippen LogP contribution in [0.3, 0.4) is 0 Å². The first-order valence-corrected chi connectivity index (χ1v) is 5.02. The van der Waals surface area contributed by atoms with Crippen molar-refractivity contribution in [2.24, 2.45) is 0 Å². The maximum atomic E-state index is 11.7. The van der Waals surface area contributed by atoms with E-state index >= 15 is 0 Å². The van der Waals surface area contributed by atoms with Gasteiger partial charge in [-0.2, -0.15) is 0 Å². The van der Waals surface area contributed by atoms with Crippen LogP contribution in [0.25, 0.3) is 0 Å². The second-order valence-electron chi connectivity index (χ2n) is 3.12. The van der Waals surface area contributed by atoms with Crippen LogP contribution < -0.4 is 5.32 Å². The molecule has 16 heavy (non-hydrogen) atoms. The predicted molar refractivity (Wildman–Crippen MR) is 62.5 cm³/mol. The first-order valence-electron chi connectivity index (χ1n) is 4.64. The zero-order valence-corrected chi connectivity index (χ0v) is 9.03. The number of amides is 1.